The Hall–Kier alpha value is -3.83. The average Bonchev–Trinajstić information content (AvgIpc) is 2.87. The van der Waals surface area contributed by atoms with Crippen molar-refractivity contribution in [2.75, 3.05) is 23.9 Å². The lowest BCUT2D eigenvalue weighted by Crippen LogP contribution is -2.51. The van der Waals surface area contributed by atoms with Crippen molar-refractivity contribution >= 4 is 28.9 Å². The third-order valence-corrected chi connectivity index (χ3v) is 4.48. The summed E-state index contributed by atoms with van der Waals surface area (Å²) in [7, 11) is 1.26. The van der Waals surface area contributed by atoms with Crippen LogP contribution in [0.1, 0.15) is 6.42 Å². The summed E-state index contributed by atoms with van der Waals surface area (Å²) < 4.78 is 51.4. The SMILES string of the molecule is COc1ccc([N+](=O)[O-])cc1OCC(=O)N1c2ccccc2NC(=O)C[C@H]1C(F)(F)F. The Morgan fingerprint density at radius 2 is 1.97 bits per heavy atom. The highest BCUT2D eigenvalue weighted by molar-refractivity contribution is 6.05. The molecular formula is C19H16F3N3O6. The number of nitro groups is 1. The molecule has 2 aromatic rings. The van der Waals surface area contributed by atoms with Gasteiger partial charge in [-0.3, -0.25) is 24.6 Å². The van der Waals surface area contributed by atoms with Crippen molar-refractivity contribution in [3.8, 4) is 11.5 Å². The number of hydrogen-bond acceptors (Lipinski definition) is 6. The lowest BCUT2D eigenvalue weighted by atomic mass is 10.1. The highest BCUT2D eigenvalue weighted by Crippen LogP contribution is 2.38. The Morgan fingerprint density at radius 3 is 2.61 bits per heavy atom. The summed E-state index contributed by atoms with van der Waals surface area (Å²) in [4.78, 5) is 35.6. The molecule has 1 heterocycles. The van der Waals surface area contributed by atoms with Gasteiger partial charge in [0, 0.05) is 6.07 Å². The second-order valence-electron chi connectivity index (χ2n) is 6.47. The monoisotopic (exact) mass is 439 g/mol. The number of ether oxygens (including phenoxy) is 2. The summed E-state index contributed by atoms with van der Waals surface area (Å²) >= 11 is 0. The maximum atomic E-state index is 13.7. The number of carbonyl (C=O) groups excluding carboxylic acids is 2. The minimum absolute atomic E-state index is 0.0422. The number of nitrogens with zero attached hydrogens (tertiary/aromatic N) is 2. The molecule has 1 atom stereocenters. The zero-order chi connectivity index (χ0) is 22.8. The molecule has 2 amide bonds. The van der Waals surface area contributed by atoms with Gasteiger partial charge >= 0.3 is 6.18 Å². The van der Waals surface area contributed by atoms with E-state index < -0.39 is 42.0 Å². The molecule has 1 aliphatic rings. The third-order valence-electron chi connectivity index (χ3n) is 4.48. The fraction of sp³-hybridized carbons (Fsp3) is 0.263. The summed E-state index contributed by atoms with van der Waals surface area (Å²) in [5.74, 6) is -2.13. The Labute approximate surface area is 173 Å². The first-order valence-corrected chi connectivity index (χ1v) is 8.84. The number of benzene rings is 2. The van der Waals surface area contributed by atoms with Crippen molar-refractivity contribution in [2.45, 2.75) is 18.6 Å². The molecule has 0 aliphatic carbocycles. The minimum atomic E-state index is -4.90. The second-order valence-corrected chi connectivity index (χ2v) is 6.47. The van der Waals surface area contributed by atoms with Gasteiger partial charge in [0.2, 0.25) is 5.91 Å². The largest absolute Gasteiger partial charge is 0.493 e. The van der Waals surface area contributed by atoms with Crippen molar-refractivity contribution in [3.63, 3.8) is 0 Å². The van der Waals surface area contributed by atoms with Crippen molar-refractivity contribution in [1.82, 2.24) is 0 Å². The van der Waals surface area contributed by atoms with Crippen LogP contribution >= 0.6 is 0 Å². The van der Waals surface area contributed by atoms with Gasteiger partial charge in [0.1, 0.15) is 6.04 Å². The van der Waals surface area contributed by atoms with Crippen LogP contribution in [0.4, 0.5) is 30.2 Å². The van der Waals surface area contributed by atoms with E-state index in [9.17, 15) is 32.9 Å². The van der Waals surface area contributed by atoms with E-state index in [0.29, 0.717) is 4.90 Å². The zero-order valence-electron chi connectivity index (χ0n) is 16.0. The number of alkyl halides is 3. The number of fused-ring (bicyclic) bond motifs is 1. The van der Waals surface area contributed by atoms with Crippen molar-refractivity contribution < 1.29 is 37.2 Å². The zero-order valence-corrected chi connectivity index (χ0v) is 16.0. The van der Waals surface area contributed by atoms with Gasteiger partial charge in [-0.2, -0.15) is 13.2 Å². The van der Waals surface area contributed by atoms with Crippen LogP contribution in [0.25, 0.3) is 0 Å². The van der Waals surface area contributed by atoms with Crippen LogP contribution in [-0.4, -0.2) is 42.7 Å². The average molecular weight is 439 g/mol. The summed E-state index contributed by atoms with van der Waals surface area (Å²) in [6.07, 6.45) is -5.89. The molecule has 1 aliphatic heterocycles. The number of anilines is 2. The predicted octanol–water partition coefficient (Wildman–Crippen LogP) is 3.29. The second kappa shape index (κ2) is 8.50. The maximum Gasteiger partial charge on any atom is 0.409 e. The normalized spacial score (nSPS) is 16.1. The van der Waals surface area contributed by atoms with Gasteiger partial charge in [-0.15, -0.1) is 0 Å². The molecule has 0 saturated carbocycles. The number of nitro benzene ring substituents is 1. The van der Waals surface area contributed by atoms with Crippen LogP contribution in [0, 0.1) is 10.1 Å². The quantitative estimate of drug-likeness (QED) is 0.565. The molecule has 12 heteroatoms. The minimum Gasteiger partial charge on any atom is -0.493 e. The van der Waals surface area contributed by atoms with Gasteiger partial charge in [-0.1, -0.05) is 12.1 Å². The number of hydrogen-bond donors (Lipinski definition) is 1. The molecule has 0 unspecified atom stereocenters. The summed E-state index contributed by atoms with van der Waals surface area (Å²) in [6.45, 7) is -0.882. The van der Waals surface area contributed by atoms with E-state index >= 15 is 0 Å². The Morgan fingerprint density at radius 1 is 1.26 bits per heavy atom. The van der Waals surface area contributed by atoms with Crippen LogP contribution in [0.15, 0.2) is 42.5 Å². The lowest BCUT2D eigenvalue weighted by Gasteiger charge is -2.31. The van der Waals surface area contributed by atoms with Gasteiger partial charge < -0.3 is 14.8 Å². The molecular weight excluding hydrogens is 423 g/mol. The summed E-state index contributed by atoms with van der Waals surface area (Å²) in [6, 6.07) is 6.53. The van der Waals surface area contributed by atoms with E-state index in [1.54, 1.807) is 0 Å². The fourth-order valence-corrected chi connectivity index (χ4v) is 3.10. The number of non-ortho nitro benzene ring substituents is 1. The first kappa shape index (κ1) is 21.9. The number of amides is 2. The number of para-hydroxylation sites is 2. The molecule has 0 saturated heterocycles. The first-order valence-electron chi connectivity index (χ1n) is 8.84. The standard InChI is InChI=1S/C19H16F3N3O6/c1-30-14-7-6-11(25(28)29)8-15(14)31-10-18(27)24-13-5-3-2-4-12(13)23-17(26)9-16(24)19(20,21)22/h2-8,16H,9-10H2,1H3,(H,23,26)/t16-/m0/s1. The lowest BCUT2D eigenvalue weighted by molar-refractivity contribution is -0.385. The van der Waals surface area contributed by atoms with E-state index in [0.717, 1.165) is 12.1 Å². The number of methoxy groups -OCH3 is 1. The maximum absolute atomic E-state index is 13.7. The van der Waals surface area contributed by atoms with Crippen LogP contribution in [0.2, 0.25) is 0 Å². The van der Waals surface area contributed by atoms with Gasteiger partial charge in [-0.05, 0) is 18.2 Å². The number of carbonyl (C=O) groups is 2. The molecule has 0 spiro atoms. The predicted molar refractivity (Wildman–Crippen MR) is 102 cm³/mol. The van der Waals surface area contributed by atoms with E-state index in [-0.39, 0.29) is 28.6 Å². The fourth-order valence-electron chi connectivity index (χ4n) is 3.10. The molecule has 2 aromatic carbocycles. The summed E-state index contributed by atoms with van der Waals surface area (Å²) in [5, 5.41) is 13.3. The highest BCUT2D eigenvalue weighted by atomic mass is 19.4. The molecule has 0 radical (unpaired) electrons. The van der Waals surface area contributed by atoms with Crippen LogP contribution in [0.5, 0.6) is 11.5 Å². The Kier molecular flexibility index (Phi) is 5.99. The third kappa shape index (κ3) is 4.68. The topological polar surface area (TPSA) is 111 Å². The molecule has 0 aromatic heterocycles. The molecule has 9 nitrogen and oxygen atoms in total. The first-order chi connectivity index (χ1) is 14.6. The van der Waals surface area contributed by atoms with Gasteiger partial charge in [0.05, 0.1) is 35.9 Å². The van der Waals surface area contributed by atoms with Crippen LogP contribution < -0.4 is 19.7 Å². The smallest absolute Gasteiger partial charge is 0.409 e. The van der Waals surface area contributed by atoms with Gasteiger partial charge in [0.15, 0.2) is 18.1 Å². The number of rotatable bonds is 5. The Bertz CT molecular complexity index is 1030. The highest BCUT2D eigenvalue weighted by Gasteiger charge is 2.49. The molecule has 1 N–H and O–H groups in total. The van der Waals surface area contributed by atoms with E-state index in [4.69, 9.17) is 9.47 Å². The van der Waals surface area contributed by atoms with Crippen molar-refractivity contribution in [1.29, 1.82) is 0 Å². The molecule has 0 fully saturated rings. The van der Waals surface area contributed by atoms with Crippen LogP contribution in [-0.2, 0) is 9.59 Å². The van der Waals surface area contributed by atoms with Crippen molar-refractivity contribution in [2.24, 2.45) is 0 Å². The van der Waals surface area contributed by atoms with Gasteiger partial charge in [0.25, 0.3) is 11.6 Å². The van der Waals surface area contributed by atoms with Crippen LogP contribution in [0.3, 0.4) is 0 Å². The van der Waals surface area contributed by atoms with Crippen molar-refractivity contribution in [3.05, 3.63) is 52.6 Å². The molecule has 0 bridgehead atoms. The number of halogens is 3. The molecule has 3 rings (SSSR count). The molecule has 31 heavy (non-hydrogen) atoms. The number of nitrogens with one attached hydrogen (secondary N) is 1. The molecule has 164 valence electrons. The van der Waals surface area contributed by atoms with E-state index in [1.165, 1.54) is 37.4 Å². The Balaban J connectivity index is 1.94. The van der Waals surface area contributed by atoms with Gasteiger partial charge in [-0.25, -0.2) is 0 Å². The van der Waals surface area contributed by atoms with E-state index in [1.807, 2.05) is 0 Å². The van der Waals surface area contributed by atoms with E-state index in [2.05, 4.69) is 5.32 Å². The summed E-state index contributed by atoms with van der Waals surface area (Å²) in [5.41, 5.74) is -0.456.